The van der Waals surface area contributed by atoms with Gasteiger partial charge in [0.05, 0.1) is 12.6 Å². The third-order valence-electron chi connectivity index (χ3n) is 1.54. The topological polar surface area (TPSA) is 53.1 Å². The molecular formula is C6H12F3N3. The van der Waals surface area contributed by atoms with Crippen LogP contribution in [0.25, 0.3) is 0 Å². The molecule has 0 aliphatic carbocycles. The van der Waals surface area contributed by atoms with Crippen molar-refractivity contribution in [3.63, 3.8) is 0 Å². The monoisotopic (exact) mass is 183 g/mol. The van der Waals surface area contributed by atoms with Crippen LogP contribution < -0.4 is 5.73 Å². The first-order chi connectivity index (χ1) is 5.24. The minimum absolute atomic E-state index is 0.262. The van der Waals surface area contributed by atoms with Crippen molar-refractivity contribution < 1.29 is 13.2 Å². The fourth-order valence-electron chi connectivity index (χ4n) is 0.657. The molecule has 0 radical (unpaired) electrons. The van der Waals surface area contributed by atoms with Crippen molar-refractivity contribution in [1.82, 2.24) is 4.90 Å². The number of nitrogens with one attached hydrogen (secondary N) is 1. The molecule has 0 rings (SSSR count). The Labute approximate surface area is 68.8 Å². The molecule has 3 N–H and O–H groups in total. The van der Waals surface area contributed by atoms with E-state index in [0.717, 1.165) is 4.90 Å². The highest BCUT2D eigenvalue weighted by atomic mass is 19.4. The third-order valence-corrected chi connectivity index (χ3v) is 1.54. The Balaban J connectivity index is 4.04. The van der Waals surface area contributed by atoms with Crippen molar-refractivity contribution in [2.24, 2.45) is 5.73 Å². The summed E-state index contributed by atoms with van der Waals surface area (Å²) in [5.74, 6) is -0.262. The molecule has 0 aliphatic heterocycles. The highest BCUT2D eigenvalue weighted by molar-refractivity contribution is 5.82. The number of alkyl halides is 3. The molecule has 3 nitrogen and oxygen atoms in total. The second kappa shape index (κ2) is 3.75. The summed E-state index contributed by atoms with van der Waals surface area (Å²) >= 11 is 0. The first-order valence-electron chi connectivity index (χ1n) is 3.35. The molecule has 6 heteroatoms. The second-order valence-corrected chi connectivity index (χ2v) is 2.66. The zero-order valence-electron chi connectivity index (χ0n) is 6.94. The van der Waals surface area contributed by atoms with Crippen LogP contribution in [0.1, 0.15) is 6.92 Å². The molecule has 0 amide bonds. The Morgan fingerprint density at radius 3 is 2.25 bits per heavy atom. The standard InChI is InChI=1S/C6H12F3N3/c1-4(5(10)11)12(2)3-6(7,8)9/h4H,3H2,1-2H3,(H3,10,11). The van der Waals surface area contributed by atoms with Gasteiger partial charge in [-0.2, -0.15) is 13.2 Å². The van der Waals surface area contributed by atoms with Gasteiger partial charge in [-0.3, -0.25) is 10.3 Å². The molecule has 0 aromatic rings. The van der Waals surface area contributed by atoms with E-state index in [9.17, 15) is 13.2 Å². The summed E-state index contributed by atoms with van der Waals surface area (Å²) in [5, 5.41) is 6.91. The van der Waals surface area contributed by atoms with E-state index in [1.807, 2.05) is 0 Å². The quantitative estimate of drug-likeness (QED) is 0.502. The van der Waals surface area contributed by atoms with Gasteiger partial charge in [0.1, 0.15) is 5.84 Å². The fourth-order valence-corrected chi connectivity index (χ4v) is 0.657. The maximum Gasteiger partial charge on any atom is 0.401 e. The van der Waals surface area contributed by atoms with Crippen molar-refractivity contribution in [3.8, 4) is 0 Å². The van der Waals surface area contributed by atoms with E-state index in [1.165, 1.54) is 14.0 Å². The number of likely N-dealkylation sites (N-methyl/N-ethyl adjacent to an activating group) is 1. The van der Waals surface area contributed by atoms with Gasteiger partial charge in [-0.15, -0.1) is 0 Å². The lowest BCUT2D eigenvalue weighted by atomic mass is 10.3. The lowest BCUT2D eigenvalue weighted by Crippen LogP contribution is -2.44. The first kappa shape index (κ1) is 11.2. The van der Waals surface area contributed by atoms with E-state index in [1.54, 1.807) is 0 Å². The summed E-state index contributed by atoms with van der Waals surface area (Å²) in [6.07, 6.45) is -4.24. The molecule has 0 saturated carbocycles. The summed E-state index contributed by atoms with van der Waals surface area (Å²) in [4.78, 5) is 0.975. The lowest BCUT2D eigenvalue weighted by molar-refractivity contribution is -0.144. The predicted molar refractivity (Wildman–Crippen MR) is 40.1 cm³/mol. The van der Waals surface area contributed by atoms with Gasteiger partial charge in [0, 0.05) is 0 Å². The molecular weight excluding hydrogens is 171 g/mol. The van der Waals surface area contributed by atoms with Crippen LogP contribution in [0.4, 0.5) is 13.2 Å². The fraction of sp³-hybridized carbons (Fsp3) is 0.833. The Morgan fingerprint density at radius 2 is 2.00 bits per heavy atom. The second-order valence-electron chi connectivity index (χ2n) is 2.66. The van der Waals surface area contributed by atoms with Gasteiger partial charge in [-0.1, -0.05) is 0 Å². The van der Waals surface area contributed by atoms with Gasteiger partial charge in [0.2, 0.25) is 0 Å². The maximum atomic E-state index is 11.8. The van der Waals surface area contributed by atoms with Gasteiger partial charge >= 0.3 is 6.18 Å². The van der Waals surface area contributed by atoms with Gasteiger partial charge in [0.15, 0.2) is 0 Å². The van der Waals surface area contributed by atoms with Crippen molar-refractivity contribution >= 4 is 5.84 Å². The highest BCUT2D eigenvalue weighted by Gasteiger charge is 2.31. The Hall–Kier alpha value is -0.780. The number of amidine groups is 1. The molecule has 0 aliphatic rings. The van der Waals surface area contributed by atoms with Gasteiger partial charge < -0.3 is 5.73 Å². The van der Waals surface area contributed by atoms with Crippen LogP contribution in [-0.4, -0.2) is 36.5 Å². The average molecular weight is 183 g/mol. The van der Waals surface area contributed by atoms with Crippen molar-refractivity contribution in [1.29, 1.82) is 5.41 Å². The van der Waals surface area contributed by atoms with E-state index in [-0.39, 0.29) is 5.84 Å². The van der Waals surface area contributed by atoms with Crippen molar-refractivity contribution in [3.05, 3.63) is 0 Å². The van der Waals surface area contributed by atoms with Gasteiger partial charge in [-0.25, -0.2) is 0 Å². The summed E-state index contributed by atoms with van der Waals surface area (Å²) < 4.78 is 35.3. The normalized spacial score (nSPS) is 14.8. The van der Waals surface area contributed by atoms with E-state index in [0.29, 0.717) is 0 Å². The first-order valence-corrected chi connectivity index (χ1v) is 3.35. The molecule has 0 aromatic carbocycles. The van der Waals surface area contributed by atoms with Crippen LogP contribution in [-0.2, 0) is 0 Å². The molecule has 0 fully saturated rings. The van der Waals surface area contributed by atoms with E-state index >= 15 is 0 Å². The molecule has 1 unspecified atom stereocenters. The largest absolute Gasteiger partial charge is 0.401 e. The van der Waals surface area contributed by atoms with E-state index in [2.05, 4.69) is 0 Å². The summed E-state index contributed by atoms with van der Waals surface area (Å²) in [5.41, 5.74) is 5.03. The van der Waals surface area contributed by atoms with Crippen LogP contribution in [0.15, 0.2) is 0 Å². The number of nitrogens with two attached hydrogens (primary N) is 1. The van der Waals surface area contributed by atoms with Gasteiger partial charge in [0.25, 0.3) is 0 Å². The molecule has 0 aromatic heterocycles. The van der Waals surface area contributed by atoms with Crippen LogP contribution in [0.2, 0.25) is 0 Å². The minimum Gasteiger partial charge on any atom is -0.386 e. The lowest BCUT2D eigenvalue weighted by Gasteiger charge is -2.24. The van der Waals surface area contributed by atoms with E-state index < -0.39 is 18.8 Å². The summed E-state index contributed by atoms with van der Waals surface area (Å²) in [6, 6.07) is -0.674. The number of halogens is 3. The smallest absolute Gasteiger partial charge is 0.386 e. The Kier molecular flexibility index (Phi) is 3.51. The number of nitrogens with zero attached hydrogens (tertiary/aromatic N) is 1. The molecule has 0 heterocycles. The molecule has 0 spiro atoms. The van der Waals surface area contributed by atoms with Crippen LogP contribution in [0.3, 0.4) is 0 Å². The zero-order chi connectivity index (χ0) is 9.94. The summed E-state index contributed by atoms with van der Waals surface area (Å²) in [6.45, 7) is 0.405. The minimum atomic E-state index is -4.24. The Bertz CT molecular complexity index is 166. The summed E-state index contributed by atoms with van der Waals surface area (Å²) in [7, 11) is 1.28. The van der Waals surface area contributed by atoms with Gasteiger partial charge in [-0.05, 0) is 14.0 Å². The highest BCUT2D eigenvalue weighted by Crippen LogP contribution is 2.16. The van der Waals surface area contributed by atoms with E-state index in [4.69, 9.17) is 11.1 Å². The molecule has 12 heavy (non-hydrogen) atoms. The zero-order valence-corrected chi connectivity index (χ0v) is 6.94. The van der Waals surface area contributed by atoms with Crippen LogP contribution in [0, 0.1) is 5.41 Å². The van der Waals surface area contributed by atoms with Crippen LogP contribution in [0.5, 0.6) is 0 Å². The molecule has 72 valence electrons. The number of hydrogen-bond donors (Lipinski definition) is 2. The maximum absolute atomic E-state index is 11.8. The SMILES string of the molecule is CC(C(=N)N)N(C)CC(F)(F)F. The van der Waals surface area contributed by atoms with Crippen molar-refractivity contribution in [2.45, 2.75) is 19.1 Å². The molecule has 0 bridgehead atoms. The third kappa shape index (κ3) is 4.17. The molecule has 1 atom stereocenters. The predicted octanol–water partition coefficient (Wildman–Crippen LogP) is 0.805. The number of rotatable bonds is 3. The van der Waals surface area contributed by atoms with Crippen molar-refractivity contribution in [2.75, 3.05) is 13.6 Å². The molecule has 0 saturated heterocycles. The Morgan fingerprint density at radius 1 is 1.58 bits per heavy atom. The number of hydrogen-bond acceptors (Lipinski definition) is 2. The average Bonchev–Trinajstić information content (AvgIpc) is 1.82. The van der Waals surface area contributed by atoms with Crippen LogP contribution >= 0.6 is 0 Å².